The molecule has 0 amide bonds. The fourth-order valence-electron chi connectivity index (χ4n) is 3.63. The second kappa shape index (κ2) is 12.2. The van der Waals surface area contributed by atoms with Crippen molar-refractivity contribution in [2.24, 2.45) is 0 Å². The van der Waals surface area contributed by atoms with Crippen molar-refractivity contribution in [1.29, 1.82) is 0 Å². The molecule has 0 aliphatic heterocycles. The maximum Gasteiger partial charge on any atom is 0.241 e. The van der Waals surface area contributed by atoms with Crippen LogP contribution in [0.5, 0.6) is 5.88 Å². The molecule has 2 aromatic carbocycles. The second-order valence-corrected chi connectivity index (χ2v) is 7.76. The third-order valence-electron chi connectivity index (χ3n) is 5.32. The fourth-order valence-corrected chi connectivity index (χ4v) is 3.63. The number of fused-ring (bicyclic) bond motifs is 1. The molecule has 0 unspecified atom stereocenters. The van der Waals surface area contributed by atoms with Crippen LogP contribution in [-0.2, 0) is 0 Å². The lowest BCUT2D eigenvalue weighted by Crippen LogP contribution is -2.03. The van der Waals surface area contributed by atoms with Crippen molar-refractivity contribution in [2.75, 3.05) is 6.61 Å². The van der Waals surface area contributed by atoms with Crippen molar-refractivity contribution in [2.45, 2.75) is 71.1 Å². The van der Waals surface area contributed by atoms with Crippen LogP contribution < -0.4 is 4.74 Å². The summed E-state index contributed by atoms with van der Waals surface area (Å²) in [5.74, 6) is 0.644. The summed E-state index contributed by atoms with van der Waals surface area (Å²) in [5, 5.41) is 0. The Kier molecular flexibility index (Phi) is 8.96. The molecule has 0 spiro atoms. The van der Waals surface area contributed by atoms with E-state index in [4.69, 9.17) is 14.7 Å². The average Bonchev–Trinajstić information content (AvgIpc) is 2.77. The lowest BCUT2D eigenvalue weighted by atomic mass is 10.1. The first-order chi connectivity index (χ1) is 14.4. The third kappa shape index (κ3) is 6.85. The van der Waals surface area contributed by atoms with Crippen LogP contribution in [0.2, 0.25) is 0 Å². The summed E-state index contributed by atoms with van der Waals surface area (Å²) in [6.07, 6.45) is 13.2. The van der Waals surface area contributed by atoms with Gasteiger partial charge >= 0.3 is 0 Å². The van der Waals surface area contributed by atoms with E-state index in [2.05, 4.69) is 19.1 Å². The summed E-state index contributed by atoms with van der Waals surface area (Å²) in [6.45, 7) is 2.97. The minimum absolute atomic E-state index is 0.644. The van der Waals surface area contributed by atoms with Crippen molar-refractivity contribution in [3.05, 3.63) is 54.6 Å². The molecule has 3 nitrogen and oxygen atoms in total. The Morgan fingerprint density at radius 2 is 1.17 bits per heavy atom. The highest BCUT2D eigenvalue weighted by Crippen LogP contribution is 2.28. The summed E-state index contributed by atoms with van der Waals surface area (Å²) in [6, 6.07) is 18.2. The maximum atomic E-state index is 6.10. The molecule has 154 valence electrons. The standard InChI is InChI=1S/C26H34N2O/c1-2-3-4-5-6-7-8-9-10-16-21-29-26-25(22-17-12-11-13-18-22)27-23-19-14-15-20-24(23)28-26/h11-15,17-20H,2-10,16,21H2,1H3. The van der Waals surface area contributed by atoms with Crippen molar-refractivity contribution in [1.82, 2.24) is 9.97 Å². The largest absolute Gasteiger partial charge is 0.476 e. The van der Waals surface area contributed by atoms with Gasteiger partial charge in [0.05, 0.1) is 17.6 Å². The molecule has 0 fully saturated rings. The van der Waals surface area contributed by atoms with Gasteiger partial charge in [-0.05, 0) is 18.6 Å². The first-order valence-electron chi connectivity index (χ1n) is 11.3. The van der Waals surface area contributed by atoms with Gasteiger partial charge in [-0.25, -0.2) is 9.97 Å². The summed E-state index contributed by atoms with van der Waals surface area (Å²) < 4.78 is 6.10. The van der Waals surface area contributed by atoms with Gasteiger partial charge in [0.15, 0.2) is 0 Å². The van der Waals surface area contributed by atoms with E-state index in [1.165, 1.54) is 57.8 Å². The molecule has 0 N–H and O–H groups in total. The molecular formula is C26H34N2O. The first-order valence-corrected chi connectivity index (χ1v) is 11.3. The van der Waals surface area contributed by atoms with E-state index in [1.54, 1.807) is 0 Å². The van der Waals surface area contributed by atoms with E-state index in [0.29, 0.717) is 12.5 Å². The van der Waals surface area contributed by atoms with E-state index in [1.807, 2.05) is 42.5 Å². The normalized spacial score (nSPS) is 11.1. The Morgan fingerprint density at radius 1 is 0.621 bits per heavy atom. The van der Waals surface area contributed by atoms with Gasteiger partial charge in [-0.3, -0.25) is 0 Å². The van der Waals surface area contributed by atoms with Crippen molar-refractivity contribution in [3.63, 3.8) is 0 Å². The highest BCUT2D eigenvalue weighted by molar-refractivity contribution is 5.79. The highest BCUT2D eigenvalue weighted by Gasteiger charge is 2.12. The van der Waals surface area contributed by atoms with Gasteiger partial charge in [-0.2, -0.15) is 0 Å². The summed E-state index contributed by atoms with van der Waals surface area (Å²) in [4.78, 5) is 9.58. The Hall–Kier alpha value is -2.42. The van der Waals surface area contributed by atoms with Crippen LogP contribution in [-0.4, -0.2) is 16.6 Å². The molecule has 0 bridgehead atoms. The van der Waals surface area contributed by atoms with Gasteiger partial charge in [0.1, 0.15) is 5.69 Å². The number of hydrogen-bond donors (Lipinski definition) is 0. The Morgan fingerprint density at radius 3 is 1.83 bits per heavy atom. The zero-order valence-electron chi connectivity index (χ0n) is 17.8. The molecule has 3 heteroatoms. The number of para-hydroxylation sites is 2. The van der Waals surface area contributed by atoms with Crippen molar-refractivity contribution in [3.8, 4) is 17.1 Å². The molecule has 0 saturated heterocycles. The third-order valence-corrected chi connectivity index (χ3v) is 5.32. The van der Waals surface area contributed by atoms with Gasteiger partial charge in [0, 0.05) is 5.56 Å². The molecule has 1 heterocycles. The van der Waals surface area contributed by atoms with Crippen LogP contribution >= 0.6 is 0 Å². The maximum absolute atomic E-state index is 6.10. The predicted octanol–water partition coefficient (Wildman–Crippen LogP) is 7.60. The molecule has 0 radical (unpaired) electrons. The Bertz CT molecular complexity index is 848. The molecule has 1 aromatic heterocycles. The SMILES string of the molecule is CCCCCCCCCCCCOc1nc2ccccc2nc1-c1ccccc1. The zero-order valence-corrected chi connectivity index (χ0v) is 17.8. The highest BCUT2D eigenvalue weighted by atomic mass is 16.5. The minimum Gasteiger partial charge on any atom is -0.476 e. The number of unbranched alkanes of at least 4 members (excludes halogenated alkanes) is 9. The lowest BCUT2D eigenvalue weighted by Gasteiger charge is -2.11. The first kappa shape index (κ1) is 21.3. The van der Waals surface area contributed by atoms with Crippen LogP contribution in [0, 0.1) is 0 Å². The average molecular weight is 391 g/mol. The molecule has 3 aromatic rings. The minimum atomic E-state index is 0.644. The van der Waals surface area contributed by atoms with Crippen LogP contribution in [0.4, 0.5) is 0 Å². The fraction of sp³-hybridized carbons (Fsp3) is 0.462. The van der Waals surface area contributed by atoms with Gasteiger partial charge in [0.2, 0.25) is 5.88 Å². The molecule has 0 atom stereocenters. The summed E-state index contributed by atoms with van der Waals surface area (Å²) in [5.41, 5.74) is 3.66. The summed E-state index contributed by atoms with van der Waals surface area (Å²) in [7, 11) is 0. The lowest BCUT2D eigenvalue weighted by molar-refractivity contribution is 0.294. The van der Waals surface area contributed by atoms with Crippen LogP contribution in [0.25, 0.3) is 22.3 Å². The van der Waals surface area contributed by atoms with E-state index in [-0.39, 0.29) is 0 Å². The number of aromatic nitrogens is 2. The molecule has 0 aliphatic carbocycles. The zero-order chi connectivity index (χ0) is 20.2. The number of benzene rings is 2. The van der Waals surface area contributed by atoms with Crippen molar-refractivity contribution < 1.29 is 4.74 Å². The topological polar surface area (TPSA) is 35.0 Å². The van der Waals surface area contributed by atoms with Gasteiger partial charge < -0.3 is 4.74 Å². The number of rotatable bonds is 13. The molecule has 3 rings (SSSR count). The number of hydrogen-bond acceptors (Lipinski definition) is 3. The van der Waals surface area contributed by atoms with Gasteiger partial charge in [0.25, 0.3) is 0 Å². The van der Waals surface area contributed by atoms with E-state index in [0.717, 1.165) is 28.7 Å². The monoisotopic (exact) mass is 390 g/mol. The number of nitrogens with zero attached hydrogens (tertiary/aromatic N) is 2. The Labute approximate surface area is 175 Å². The second-order valence-electron chi connectivity index (χ2n) is 7.76. The van der Waals surface area contributed by atoms with Gasteiger partial charge in [-0.15, -0.1) is 0 Å². The van der Waals surface area contributed by atoms with Crippen molar-refractivity contribution >= 4 is 11.0 Å². The van der Waals surface area contributed by atoms with Crippen LogP contribution in [0.1, 0.15) is 71.1 Å². The van der Waals surface area contributed by atoms with E-state index in [9.17, 15) is 0 Å². The summed E-state index contributed by atoms with van der Waals surface area (Å²) >= 11 is 0. The van der Waals surface area contributed by atoms with Crippen LogP contribution in [0.3, 0.4) is 0 Å². The number of ether oxygens (including phenoxy) is 1. The Balaban J connectivity index is 1.48. The molecular weight excluding hydrogens is 356 g/mol. The molecule has 0 aliphatic rings. The predicted molar refractivity (Wildman–Crippen MR) is 122 cm³/mol. The van der Waals surface area contributed by atoms with E-state index < -0.39 is 0 Å². The van der Waals surface area contributed by atoms with Gasteiger partial charge in [-0.1, -0.05) is 107 Å². The quantitative estimate of drug-likeness (QED) is 0.282. The smallest absolute Gasteiger partial charge is 0.241 e. The van der Waals surface area contributed by atoms with Crippen LogP contribution in [0.15, 0.2) is 54.6 Å². The molecule has 0 saturated carbocycles. The molecule has 29 heavy (non-hydrogen) atoms. The van der Waals surface area contributed by atoms with E-state index >= 15 is 0 Å².